The Kier molecular flexibility index (Phi) is 9.29. The highest BCUT2D eigenvalue weighted by atomic mass is 127. The molecule has 0 nitrogen and oxygen atoms in total. The summed E-state index contributed by atoms with van der Waals surface area (Å²) in [6, 6.07) is 0. The van der Waals surface area contributed by atoms with Crippen LogP contribution in [0.1, 0.15) is 39.0 Å². The van der Waals surface area contributed by atoms with Crippen LogP contribution in [0, 0.1) is 0 Å². The highest BCUT2D eigenvalue weighted by molar-refractivity contribution is 14.1. The van der Waals surface area contributed by atoms with Gasteiger partial charge >= 0.3 is 0 Å². The fourth-order valence-electron chi connectivity index (χ4n) is 0.775. The summed E-state index contributed by atoms with van der Waals surface area (Å²) < 4.78 is 3.67. The van der Waals surface area contributed by atoms with E-state index in [0.29, 0.717) is 0 Å². The minimum atomic E-state index is 1.28. The molecule has 0 rings (SSSR count). The van der Waals surface area contributed by atoms with Crippen LogP contribution in [0.25, 0.3) is 0 Å². The Morgan fingerprint density at radius 3 is 2.50 bits per heavy atom. The molecule has 0 radical (unpaired) electrons. The monoisotopic (exact) mass is 364 g/mol. The maximum atomic E-state index is 2.41. The van der Waals surface area contributed by atoms with Crippen LogP contribution < -0.4 is 0 Å². The topological polar surface area (TPSA) is 0 Å². The van der Waals surface area contributed by atoms with Crippen LogP contribution in [-0.4, -0.2) is 0 Å². The van der Waals surface area contributed by atoms with Crippen molar-refractivity contribution in [3.05, 3.63) is 7.66 Å². The van der Waals surface area contributed by atoms with Crippen molar-refractivity contribution in [1.82, 2.24) is 0 Å². The lowest BCUT2D eigenvalue weighted by molar-refractivity contribution is 0.674. The third kappa shape index (κ3) is 7.31. The van der Waals surface area contributed by atoms with Crippen molar-refractivity contribution in [3.8, 4) is 0 Å². The lowest BCUT2D eigenvalue weighted by Crippen LogP contribution is -1.75. The normalized spacial score (nSPS) is 12.1. The minimum absolute atomic E-state index is 1.28. The van der Waals surface area contributed by atoms with E-state index in [1.807, 2.05) is 0 Å². The Morgan fingerprint density at radius 1 is 1.30 bits per heavy atom. The smallest absolute Gasteiger partial charge is 0.00335 e. The quantitative estimate of drug-likeness (QED) is 0.492. The maximum absolute atomic E-state index is 2.41. The lowest BCUT2D eigenvalue weighted by atomic mass is 10.2. The summed E-state index contributed by atoms with van der Waals surface area (Å²) in [5.41, 5.74) is 0. The molecule has 0 bridgehead atoms. The molecule has 0 aliphatic carbocycles. The largest absolute Gasteiger partial charge is 0.0654 e. The summed E-state index contributed by atoms with van der Waals surface area (Å²) in [7, 11) is 0. The highest BCUT2D eigenvalue weighted by Gasteiger charge is 1.90. The first-order chi connectivity index (χ1) is 4.81. The molecule has 0 fully saturated rings. The van der Waals surface area contributed by atoms with E-state index < -0.39 is 0 Å². The second kappa shape index (κ2) is 8.30. The summed E-state index contributed by atoms with van der Waals surface area (Å²) in [6.07, 6.45) is 6.78. The zero-order valence-electron chi connectivity index (χ0n) is 6.37. The number of hydrogen-bond donors (Lipinski definition) is 0. The first-order valence-electron chi connectivity index (χ1n) is 3.76. The van der Waals surface area contributed by atoms with Gasteiger partial charge in [-0.25, -0.2) is 0 Å². The molecule has 0 N–H and O–H groups in total. The summed E-state index contributed by atoms with van der Waals surface area (Å²) in [4.78, 5) is 0. The van der Waals surface area contributed by atoms with Crippen LogP contribution in [0.4, 0.5) is 0 Å². The van der Waals surface area contributed by atoms with Crippen molar-refractivity contribution in [2.45, 2.75) is 39.0 Å². The van der Waals surface area contributed by atoms with Gasteiger partial charge in [0, 0.05) is 0 Å². The molecular weight excluding hydrogens is 350 g/mol. The molecule has 0 aromatic heterocycles. The van der Waals surface area contributed by atoms with Crippen molar-refractivity contribution in [2.24, 2.45) is 0 Å². The number of hydrogen-bond acceptors (Lipinski definition) is 0. The van der Waals surface area contributed by atoms with Gasteiger partial charge in [0.1, 0.15) is 0 Å². The first-order valence-corrected chi connectivity index (χ1v) is 6.08. The van der Waals surface area contributed by atoms with Crippen molar-refractivity contribution in [3.63, 3.8) is 0 Å². The van der Waals surface area contributed by atoms with Gasteiger partial charge in [0.25, 0.3) is 0 Å². The molecule has 2 heteroatoms. The minimum Gasteiger partial charge on any atom is -0.0654 e. The van der Waals surface area contributed by atoms with Crippen LogP contribution in [0.2, 0.25) is 0 Å². The average Bonchev–Trinajstić information content (AvgIpc) is 1.98. The Hall–Kier alpha value is 1.20. The van der Waals surface area contributed by atoms with Crippen LogP contribution in [-0.2, 0) is 0 Å². The van der Waals surface area contributed by atoms with Gasteiger partial charge in [-0.1, -0.05) is 48.8 Å². The predicted molar refractivity (Wildman–Crippen MR) is 64.9 cm³/mol. The third-order valence-corrected chi connectivity index (χ3v) is 4.18. The Morgan fingerprint density at radius 2 is 2.00 bits per heavy atom. The molecule has 0 aliphatic rings. The van der Waals surface area contributed by atoms with Crippen LogP contribution in [0.3, 0.4) is 0 Å². The van der Waals surface area contributed by atoms with Gasteiger partial charge in [0.2, 0.25) is 0 Å². The third-order valence-electron chi connectivity index (χ3n) is 1.39. The number of halogens is 2. The average molecular weight is 364 g/mol. The van der Waals surface area contributed by atoms with Crippen molar-refractivity contribution >= 4 is 45.2 Å². The van der Waals surface area contributed by atoms with Crippen LogP contribution in [0.5, 0.6) is 0 Å². The Balaban J connectivity index is 3.04. The molecule has 0 aromatic carbocycles. The van der Waals surface area contributed by atoms with Crippen LogP contribution >= 0.6 is 45.2 Å². The Labute approximate surface area is 91.1 Å². The molecule has 0 saturated carbocycles. The molecule has 0 atom stereocenters. The van der Waals surface area contributed by atoms with E-state index in [4.69, 9.17) is 0 Å². The number of unbranched alkanes of at least 4 members (excludes halogenated alkanes) is 3. The van der Waals surface area contributed by atoms with Gasteiger partial charge in [-0.3, -0.25) is 0 Å². The van der Waals surface area contributed by atoms with Crippen molar-refractivity contribution in [2.75, 3.05) is 0 Å². The standard InChI is InChI=1S/C8H14I2/c1-2-3-4-5-6-8(10)7-9/h7H,2-6H2,1H3/b8-7+. The van der Waals surface area contributed by atoms with Gasteiger partial charge in [-0.15, -0.1) is 0 Å². The molecule has 0 aromatic rings. The van der Waals surface area contributed by atoms with E-state index >= 15 is 0 Å². The summed E-state index contributed by atoms with van der Waals surface area (Å²) in [6.45, 7) is 2.25. The van der Waals surface area contributed by atoms with Gasteiger partial charge in [0.15, 0.2) is 0 Å². The van der Waals surface area contributed by atoms with Gasteiger partial charge in [0.05, 0.1) is 0 Å². The molecule has 0 heterocycles. The van der Waals surface area contributed by atoms with Crippen LogP contribution in [0.15, 0.2) is 7.66 Å². The fraction of sp³-hybridized carbons (Fsp3) is 0.750. The van der Waals surface area contributed by atoms with E-state index in [9.17, 15) is 0 Å². The van der Waals surface area contributed by atoms with Gasteiger partial charge in [-0.05, 0) is 43.1 Å². The highest BCUT2D eigenvalue weighted by Crippen LogP contribution is 2.17. The van der Waals surface area contributed by atoms with E-state index in [1.54, 1.807) is 0 Å². The van der Waals surface area contributed by atoms with Crippen molar-refractivity contribution in [1.29, 1.82) is 0 Å². The van der Waals surface area contributed by atoms with Gasteiger partial charge in [-0.2, -0.15) is 0 Å². The SMILES string of the molecule is CCCCCC/C(I)=C\I. The maximum Gasteiger partial charge on any atom is -0.00335 e. The molecule has 0 unspecified atom stereocenters. The zero-order chi connectivity index (χ0) is 7.82. The van der Waals surface area contributed by atoms with E-state index in [2.05, 4.69) is 56.2 Å². The van der Waals surface area contributed by atoms with Crippen molar-refractivity contribution < 1.29 is 0 Å². The molecular formula is C8H14I2. The predicted octanol–water partition coefficient (Wildman–Crippen LogP) is 4.67. The lowest BCUT2D eigenvalue weighted by Gasteiger charge is -1.96. The molecule has 0 aliphatic heterocycles. The zero-order valence-corrected chi connectivity index (χ0v) is 10.7. The van der Waals surface area contributed by atoms with E-state index in [-0.39, 0.29) is 0 Å². The second-order valence-corrected chi connectivity index (χ2v) is 4.38. The van der Waals surface area contributed by atoms with Gasteiger partial charge < -0.3 is 0 Å². The van der Waals surface area contributed by atoms with E-state index in [1.165, 1.54) is 35.7 Å². The summed E-state index contributed by atoms with van der Waals surface area (Å²) in [5.74, 6) is 0. The molecule has 60 valence electrons. The molecule has 0 amide bonds. The molecule has 0 saturated heterocycles. The summed E-state index contributed by atoms with van der Waals surface area (Å²) in [5, 5.41) is 0. The number of allylic oxidation sites excluding steroid dienone is 1. The van der Waals surface area contributed by atoms with E-state index in [0.717, 1.165) is 0 Å². The number of rotatable bonds is 5. The molecule has 10 heavy (non-hydrogen) atoms. The molecule has 0 spiro atoms. The summed E-state index contributed by atoms with van der Waals surface area (Å²) >= 11 is 4.72. The fourth-order valence-corrected chi connectivity index (χ4v) is 1.47. The Bertz CT molecular complexity index is 97.4. The second-order valence-electron chi connectivity index (χ2n) is 2.37. The first kappa shape index (κ1) is 11.2.